The van der Waals surface area contributed by atoms with E-state index >= 15 is 0 Å². The molecule has 2 N–H and O–H groups in total. The molecule has 2 heterocycles. The predicted molar refractivity (Wildman–Crippen MR) is 111 cm³/mol. The molecule has 2 atom stereocenters. The van der Waals surface area contributed by atoms with Gasteiger partial charge in [0.05, 0.1) is 18.5 Å². The largest absolute Gasteiger partial charge is 0.467 e. The van der Waals surface area contributed by atoms with Crippen molar-refractivity contribution >= 4 is 17.5 Å². The van der Waals surface area contributed by atoms with Gasteiger partial charge in [0, 0.05) is 13.0 Å². The van der Waals surface area contributed by atoms with Gasteiger partial charge in [-0.1, -0.05) is 29.8 Å². The molecule has 0 spiro atoms. The van der Waals surface area contributed by atoms with Crippen molar-refractivity contribution in [1.29, 1.82) is 0 Å². The van der Waals surface area contributed by atoms with Crippen LogP contribution in [0.15, 0.2) is 52.2 Å². The Hall–Kier alpha value is -2.93. The smallest absolute Gasteiger partial charge is 0.298 e. The number of carbonyl (C=O) groups is 2. The molecule has 1 aliphatic heterocycles. The lowest BCUT2D eigenvalue weighted by Gasteiger charge is -2.22. The first-order chi connectivity index (χ1) is 14.0. The Morgan fingerprint density at radius 1 is 1.21 bits per heavy atom. The van der Waals surface area contributed by atoms with E-state index < -0.39 is 0 Å². The van der Waals surface area contributed by atoms with E-state index in [-0.39, 0.29) is 30.9 Å². The molecular weight excluding hydrogens is 368 g/mol. The van der Waals surface area contributed by atoms with Crippen molar-refractivity contribution in [3.8, 4) is 0 Å². The summed E-state index contributed by atoms with van der Waals surface area (Å²) in [5, 5.41) is 8.97. The third kappa shape index (κ3) is 5.12. The lowest BCUT2D eigenvalue weighted by molar-refractivity contribution is -0.882. The van der Waals surface area contributed by atoms with E-state index in [9.17, 15) is 9.59 Å². The first kappa shape index (κ1) is 20.8. The fourth-order valence-corrected chi connectivity index (χ4v) is 3.46. The Bertz CT molecular complexity index is 859. The molecule has 0 saturated heterocycles. The zero-order valence-corrected chi connectivity index (χ0v) is 17.3. The molecule has 7 nitrogen and oxygen atoms in total. The number of aryl methyl sites for hydroxylation is 1. The lowest BCUT2D eigenvalue weighted by Crippen LogP contribution is -3.14. The Morgan fingerprint density at radius 2 is 1.97 bits per heavy atom. The molecule has 0 bridgehead atoms. The second-order valence-electron chi connectivity index (χ2n) is 7.30. The number of rotatable bonds is 8. The second-order valence-corrected chi connectivity index (χ2v) is 7.30. The molecule has 1 aromatic carbocycles. The summed E-state index contributed by atoms with van der Waals surface area (Å²) < 4.78 is 5.59. The molecular formula is C22H29N4O3+. The van der Waals surface area contributed by atoms with Crippen LogP contribution >= 0.6 is 0 Å². The molecule has 154 valence electrons. The van der Waals surface area contributed by atoms with Crippen LogP contribution in [0.1, 0.15) is 43.2 Å². The van der Waals surface area contributed by atoms with Gasteiger partial charge < -0.3 is 14.6 Å². The number of hydrogen-bond acceptors (Lipinski definition) is 4. The van der Waals surface area contributed by atoms with Crippen molar-refractivity contribution in [2.45, 2.75) is 33.2 Å². The number of carbonyl (C=O) groups excluding carboxylic acids is 2. The molecule has 2 aromatic rings. The van der Waals surface area contributed by atoms with E-state index in [2.05, 4.69) is 10.4 Å². The van der Waals surface area contributed by atoms with Crippen molar-refractivity contribution in [3.63, 3.8) is 0 Å². The van der Waals surface area contributed by atoms with Crippen LogP contribution in [0.5, 0.6) is 0 Å². The highest BCUT2D eigenvalue weighted by atomic mass is 16.3. The molecule has 2 amide bonds. The van der Waals surface area contributed by atoms with Gasteiger partial charge in [-0.05, 0) is 38.5 Å². The molecule has 7 heteroatoms. The van der Waals surface area contributed by atoms with Crippen LogP contribution in [0.25, 0.3) is 0 Å². The van der Waals surface area contributed by atoms with E-state index in [0.717, 1.165) is 16.2 Å². The van der Waals surface area contributed by atoms with Crippen molar-refractivity contribution in [3.05, 3.63) is 59.5 Å². The molecule has 3 rings (SSSR count). The normalized spacial score (nSPS) is 17.1. The van der Waals surface area contributed by atoms with E-state index in [1.54, 1.807) is 6.26 Å². The highest BCUT2D eigenvalue weighted by Crippen LogP contribution is 2.32. The number of nitrogens with one attached hydrogen (secondary N) is 2. The molecule has 0 radical (unpaired) electrons. The molecule has 0 saturated carbocycles. The van der Waals surface area contributed by atoms with Gasteiger partial charge >= 0.3 is 0 Å². The van der Waals surface area contributed by atoms with E-state index in [4.69, 9.17) is 4.42 Å². The van der Waals surface area contributed by atoms with Gasteiger partial charge in [-0.2, -0.15) is 5.10 Å². The first-order valence-electron chi connectivity index (χ1n) is 10.1. The monoisotopic (exact) mass is 397 g/mol. The van der Waals surface area contributed by atoms with Crippen molar-refractivity contribution < 1.29 is 18.9 Å². The molecule has 0 aliphatic carbocycles. The van der Waals surface area contributed by atoms with Crippen LogP contribution in [-0.2, 0) is 9.59 Å². The van der Waals surface area contributed by atoms with Crippen molar-refractivity contribution in [2.24, 2.45) is 5.10 Å². The lowest BCUT2D eigenvalue weighted by atomic mass is 10.0. The Kier molecular flexibility index (Phi) is 6.82. The SMILES string of the molecule is CCNC(=O)C[NH+](CC)CC(=O)N1N=C(c2ccc(C)cc2)C[C@@H]1c1ccco1. The zero-order chi connectivity index (χ0) is 20.8. The number of nitrogens with zero attached hydrogens (tertiary/aromatic N) is 2. The minimum atomic E-state index is -0.267. The molecule has 0 fully saturated rings. The average Bonchev–Trinajstić information content (AvgIpc) is 3.38. The quantitative estimate of drug-likeness (QED) is 0.705. The number of amides is 2. The van der Waals surface area contributed by atoms with Crippen LogP contribution in [0.2, 0.25) is 0 Å². The summed E-state index contributed by atoms with van der Waals surface area (Å²) in [6.07, 6.45) is 2.21. The maximum atomic E-state index is 13.1. The van der Waals surface area contributed by atoms with Crippen LogP contribution in [0, 0.1) is 6.92 Å². The number of hydrazone groups is 1. The molecule has 29 heavy (non-hydrogen) atoms. The molecule has 1 aromatic heterocycles. The number of quaternary nitrogens is 1. The van der Waals surface area contributed by atoms with Crippen LogP contribution < -0.4 is 10.2 Å². The number of hydrogen-bond donors (Lipinski definition) is 2. The maximum absolute atomic E-state index is 13.1. The average molecular weight is 397 g/mol. The van der Waals surface area contributed by atoms with Crippen LogP contribution in [-0.4, -0.2) is 48.7 Å². The Morgan fingerprint density at radius 3 is 2.59 bits per heavy atom. The van der Waals surface area contributed by atoms with Gasteiger partial charge in [-0.25, -0.2) is 5.01 Å². The topological polar surface area (TPSA) is 79.4 Å². The fourth-order valence-electron chi connectivity index (χ4n) is 3.46. The predicted octanol–water partition coefficient (Wildman–Crippen LogP) is 1.31. The summed E-state index contributed by atoms with van der Waals surface area (Å²) in [5.41, 5.74) is 3.04. The van der Waals surface area contributed by atoms with Gasteiger partial charge in [0.15, 0.2) is 13.1 Å². The summed E-state index contributed by atoms with van der Waals surface area (Å²) in [6.45, 7) is 7.63. The first-order valence-corrected chi connectivity index (χ1v) is 10.1. The fraction of sp³-hybridized carbons (Fsp3) is 0.409. The molecule has 1 unspecified atom stereocenters. The zero-order valence-electron chi connectivity index (χ0n) is 17.3. The number of benzene rings is 1. The third-order valence-electron chi connectivity index (χ3n) is 5.11. The van der Waals surface area contributed by atoms with Gasteiger partial charge in [-0.15, -0.1) is 0 Å². The second kappa shape index (κ2) is 9.52. The third-order valence-corrected chi connectivity index (χ3v) is 5.11. The van der Waals surface area contributed by atoms with E-state index in [1.807, 2.05) is 57.2 Å². The molecule has 1 aliphatic rings. The highest BCUT2D eigenvalue weighted by Gasteiger charge is 2.36. The highest BCUT2D eigenvalue weighted by molar-refractivity contribution is 6.03. The van der Waals surface area contributed by atoms with Crippen molar-refractivity contribution in [1.82, 2.24) is 10.3 Å². The van der Waals surface area contributed by atoms with Gasteiger partial charge in [0.2, 0.25) is 0 Å². The number of likely N-dealkylation sites (N-methyl/N-ethyl adjacent to an activating group) is 2. The Labute approximate surface area is 171 Å². The Balaban J connectivity index is 1.79. The maximum Gasteiger partial charge on any atom is 0.298 e. The van der Waals surface area contributed by atoms with E-state index in [0.29, 0.717) is 25.3 Å². The summed E-state index contributed by atoms with van der Waals surface area (Å²) in [7, 11) is 0. The van der Waals surface area contributed by atoms with Gasteiger partial charge in [0.1, 0.15) is 11.8 Å². The van der Waals surface area contributed by atoms with Gasteiger partial charge in [0.25, 0.3) is 11.8 Å². The van der Waals surface area contributed by atoms with Gasteiger partial charge in [-0.3, -0.25) is 9.59 Å². The van der Waals surface area contributed by atoms with Crippen LogP contribution in [0.4, 0.5) is 0 Å². The minimum Gasteiger partial charge on any atom is -0.467 e. The van der Waals surface area contributed by atoms with E-state index in [1.165, 1.54) is 10.6 Å². The van der Waals surface area contributed by atoms with Crippen LogP contribution in [0.3, 0.4) is 0 Å². The summed E-state index contributed by atoms with van der Waals surface area (Å²) >= 11 is 0. The summed E-state index contributed by atoms with van der Waals surface area (Å²) in [5.74, 6) is 0.547. The minimum absolute atomic E-state index is 0.0509. The summed E-state index contributed by atoms with van der Waals surface area (Å²) in [4.78, 5) is 25.9. The standard InChI is InChI=1S/C22H28N4O3/c1-4-23-21(27)14-25(5-2)15-22(28)26-19(20-7-6-12-29-20)13-18(24-26)17-10-8-16(3)9-11-17/h6-12,19H,4-5,13-15H2,1-3H3,(H,23,27)/p+1/t19-/m1/s1. The summed E-state index contributed by atoms with van der Waals surface area (Å²) in [6, 6.07) is 11.6. The number of furan rings is 1. The van der Waals surface area contributed by atoms with Crippen molar-refractivity contribution in [2.75, 3.05) is 26.2 Å².